The number of hydrogen-bond donors (Lipinski definition) is 2. The van der Waals surface area contributed by atoms with Crippen molar-refractivity contribution >= 4 is 17.3 Å². The van der Waals surface area contributed by atoms with Crippen LogP contribution in [0.4, 0.5) is 11.4 Å². The first-order chi connectivity index (χ1) is 10.7. The van der Waals surface area contributed by atoms with Crippen LogP contribution < -0.4 is 15.4 Å². The zero-order valence-corrected chi connectivity index (χ0v) is 12.3. The van der Waals surface area contributed by atoms with Crippen molar-refractivity contribution in [2.45, 2.75) is 6.42 Å². The number of amides is 1. The van der Waals surface area contributed by atoms with Gasteiger partial charge in [0, 0.05) is 30.4 Å². The van der Waals surface area contributed by atoms with Gasteiger partial charge in [-0.15, -0.1) is 0 Å². The molecule has 0 heterocycles. The highest BCUT2D eigenvalue weighted by atomic mass is 16.5. The molecule has 5 nitrogen and oxygen atoms in total. The minimum absolute atomic E-state index is 0.106. The van der Waals surface area contributed by atoms with Crippen molar-refractivity contribution in [1.82, 2.24) is 0 Å². The number of nitriles is 1. The predicted molar refractivity (Wildman–Crippen MR) is 85.9 cm³/mol. The van der Waals surface area contributed by atoms with Gasteiger partial charge in [-0.2, -0.15) is 5.26 Å². The van der Waals surface area contributed by atoms with Gasteiger partial charge in [0.2, 0.25) is 5.91 Å². The number of benzene rings is 2. The molecule has 2 aromatic carbocycles. The number of rotatable bonds is 6. The highest BCUT2D eigenvalue weighted by Gasteiger charge is 2.03. The number of nitrogens with zero attached hydrogens (tertiary/aromatic N) is 1. The van der Waals surface area contributed by atoms with Gasteiger partial charge in [-0.3, -0.25) is 4.79 Å². The van der Waals surface area contributed by atoms with E-state index in [1.807, 2.05) is 30.3 Å². The molecule has 0 saturated carbocycles. The van der Waals surface area contributed by atoms with Crippen molar-refractivity contribution in [3.63, 3.8) is 0 Å². The number of methoxy groups -OCH3 is 1. The first kappa shape index (κ1) is 15.4. The van der Waals surface area contributed by atoms with Gasteiger partial charge in [0.05, 0.1) is 18.7 Å². The zero-order valence-electron chi connectivity index (χ0n) is 12.3. The molecule has 0 aliphatic rings. The van der Waals surface area contributed by atoms with Crippen LogP contribution in [-0.4, -0.2) is 19.6 Å². The van der Waals surface area contributed by atoms with Gasteiger partial charge < -0.3 is 15.4 Å². The molecule has 0 fully saturated rings. The fourth-order valence-electron chi connectivity index (χ4n) is 1.94. The van der Waals surface area contributed by atoms with Gasteiger partial charge >= 0.3 is 0 Å². The highest BCUT2D eigenvalue weighted by Crippen LogP contribution is 2.16. The quantitative estimate of drug-likeness (QED) is 0.859. The third-order valence-corrected chi connectivity index (χ3v) is 3.03. The van der Waals surface area contributed by atoms with E-state index in [9.17, 15) is 4.79 Å². The lowest BCUT2D eigenvalue weighted by molar-refractivity contribution is -0.115. The molecule has 0 aromatic heterocycles. The van der Waals surface area contributed by atoms with E-state index in [4.69, 9.17) is 10.00 Å². The summed E-state index contributed by atoms with van der Waals surface area (Å²) in [5.41, 5.74) is 2.05. The summed E-state index contributed by atoms with van der Waals surface area (Å²) in [6.45, 7) is 0.511. The Morgan fingerprint density at radius 3 is 2.73 bits per heavy atom. The van der Waals surface area contributed by atoms with Crippen molar-refractivity contribution in [2.24, 2.45) is 0 Å². The maximum atomic E-state index is 11.9. The van der Waals surface area contributed by atoms with Crippen molar-refractivity contribution in [1.29, 1.82) is 5.26 Å². The summed E-state index contributed by atoms with van der Waals surface area (Å²) in [5, 5.41) is 14.8. The number of carbonyl (C=O) groups excluding carboxylic acids is 1. The fraction of sp³-hybridized carbons (Fsp3) is 0.176. The number of carbonyl (C=O) groups is 1. The molecule has 2 N–H and O–H groups in total. The van der Waals surface area contributed by atoms with Gasteiger partial charge in [-0.25, -0.2) is 0 Å². The van der Waals surface area contributed by atoms with Crippen molar-refractivity contribution in [3.05, 3.63) is 54.1 Å². The second-order valence-electron chi connectivity index (χ2n) is 4.65. The summed E-state index contributed by atoms with van der Waals surface area (Å²) in [6.07, 6.45) is 0.327. The molecule has 5 heteroatoms. The maximum Gasteiger partial charge on any atom is 0.226 e. The van der Waals surface area contributed by atoms with E-state index in [1.54, 1.807) is 31.4 Å². The first-order valence-electron chi connectivity index (χ1n) is 6.89. The summed E-state index contributed by atoms with van der Waals surface area (Å²) < 4.78 is 5.14. The molecular formula is C17H17N3O2. The van der Waals surface area contributed by atoms with Crippen molar-refractivity contribution < 1.29 is 9.53 Å². The van der Waals surface area contributed by atoms with Crippen LogP contribution in [0.25, 0.3) is 0 Å². The second-order valence-corrected chi connectivity index (χ2v) is 4.65. The Morgan fingerprint density at radius 1 is 1.18 bits per heavy atom. The van der Waals surface area contributed by atoms with Crippen LogP contribution in [-0.2, 0) is 4.79 Å². The lowest BCUT2D eigenvalue weighted by atomic mass is 10.2. The number of anilines is 2. The molecule has 0 unspecified atom stereocenters. The Bertz CT molecular complexity index is 692. The summed E-state index contributed by atoms with van der Waals surface area (Å²) in [6, 6.07) is 16.4. The van der Waals surface area contributed by atoms with Gasteiger partial charge in [0.25, 0.3) is 0 Å². The van der Waals surface area contributed by atoms with Gasteiger partial charge in [-0.1, -0.05) is 12.1 Å². The van der Waals surface area contributed by atoms with Crippen LogP contribution in [0.3, 0.4) is 0 Å². The molecule has 0 aliphatic carbocycles. The van der Waals surface area contributed by atoms with Gasteiger partial charge in [-0.05, 0) is 30.3 Å². The molecule has 0 atom stereocenters. The minimum Gasteiger partial charge on any atom is -0.497 e. The molecule has 0 radical (unpaired) electrons. The minimum atomic E-state index is -0.106. The molecule has 2 rings (SSSR count). The number of nitrogens with one attached hydrogen (secondary N) is 2. The SMILES string of the molecule is COc1cccc(NCCC(=O)Nc2cccc(C#N)c2)c1. The Hall–Kier alpha value is -3.00. The first-order valence-corrected chi connectivity index (χ1v) is 6.89. The van der Waals surface area contributed by atoms with Crippen LogP contribution in [0, 0.1) is 11.3 Å². The van der Waals surface area contributed by atoms with Crippen LogP contribution >= 0.6 is 0 Å². The van der Waals surface area contributed by atoms with Crippen LogP contribution in [0.15, 0.2) is 48.5 Å². The standard InChI is InChI=1S/C17H17N3O2/c1-22-16-7-3-5-14(11-16)19-9-8-17(21)20-15-6-2-4-13(10-15)12-18/h2-7,10-11,19H,8-9H2,1H3,(H,20,21). The van der Waals surface area contributed by atoms with Crippen LogP contribution in [0.2, 0.25) is 0 Å². The molecular weight excluding hydrogens is 278 g/mol. The summed E-state index contributed by atoms with van der Waals surface area (Å²) in [7, 11) is 1.61. The summed E-state index contributed by atoms with van der Waals surface area (Å²) in [5.74, 6) is 0.660. The molecule has 2 aromatic rings. The Labute approximate surface area is 129 Å². The maximum absolute atomic E-state index is 11.9. The average molecular weight is 295 g/mol. The number of hydrogen-bond acceptors (Lipinski definition) is 4. The van der Waals surface area contributed by atoms with E-state index in [-0.39, 0.29) is 5.91 Å². The van der Waals surface area contributed by atoms with E-state index in [2.05, 4.69) is 10.6 Å². The normalized spacial score (nSPS) is 9.64. The monoisotopic (exact) mass is 295 g/mol. The van der Waals surface area contributed by atoms with Crippen LogP contribution in [0.5, 0.6) is 5.75 Å². The van der Waals surface area contributed by atoms with Gasteiger partial charge in [0.1, 0.15) is 5.75 Å². The van der Waals surface area contributed by atoms with Crippen molar-refractivity contribution in [3.8, 4) is 11.8 Å². The predicted octanol–water partition coefficient (Wildman–Crippen LogP) is 3.01. The Kier molecular flexibility index (Phi) is 5.38. The largest absolute Gasteiger partial charge is 0.497 e. The van der Waals surface area contributed by atoms with E-state index >= 15 is 0 Å². The van der Waals surface area contributed by atoms with Crippen molar-refractivity contribution in [2.75, 3.05) is 24.3 Å². The molecule has 22 heavy (non-hydrogen) atoms. The Balaban J connectivity index is 1.81. The van der Waals surface area contributed by atoms with Gasteiger partial charge in [0.15, 0.2) is 0 Å². The number of ether oxygens (including phenoxy) is 1. The smallest absolute Gasteiger partial charge is 0.226 e. The van der Waals surface area contributed by atoms with E-state index in [0.717, 1.165) is 11.4 Å². The molecule has 0 bridgehead atoms. The third-order valence-electron chi connectivity index (χ3n) is 3.03. The third kappa shape index (κ3) is 4.53. The topological polar surface area (TPSA) is 74.2 Å². The highest BCUT2D eigenvalue weighted by molar-refractivity contribution is 5.91. The summed E-state index contributed by atoms with van der Waals surface area (Å²) >= 11 is 0. The zero-order chi connectivity index (χ0) is 15.8. The molecule has 1 amide bonds. The Morgan fingerprint density at radius 2 is 1.95 bits per heavy atom. The lowest BCUT2D eigenvalue weighted by Gasteiger charge is -2.09. The van der Waals surface area contributed by atoms with Crippen LogP contribution in [0.1, 0.15) is 12.0 Å². The summed E-state index contributed by atoms with van der Waals surface area (Å²) in [4.78, 5) is 11.9. The second kappa shape index (κ2) is 7.70. The molecule has 0 aliphatic heterocycles. The lowest BCUT2D eigenvalue weighted by Crippen LogP contribution is -2.16. The molecule has 0 spiro atoms. The van der Waals surface area contributed by atoms with E-state index in [1.165, 1.54) is 0 Å². The fourth-order valence-corrected chi connectivity index (χ4v) is 1.94. The molecule has 112 valence electrons. The van der Waals surface area contributed by atoms with E-state index < -0.39 is 0 Å². The molecule has 0 saturated heterocycles. The van der Waals surface area contributed by atoms with E-state index in [0.29, 0.717) is 24.2 Å². The average Bonchev–Trinajstić information content (AvgIpc) is 2.55.